The number of rotatable bonds is 7. The second kappa shape index (κ2) is 8.51. The van der Waals surface area contributed by atoms with Gasteiger partial charge in [0.2, 0.25) is 5.60 Å². The number of piperidine rings is 3. The van der Waals surface area contributed by atoms with Crippen molar-refractivity contribution in [1.82, 2.24) is 0 Å². The fourth-order valence-electron chi connectivity index (χ4n) is 5.35. The number of benzene rings is 1. The Morgan fingerprint density at radius 1 is 0.968 bits per heavy atom. The Morgan fingerprint density at radius 2 is 1.55 bits per heavy atom. The molecule has 1 N–H and O–H groups in total. The van der Waals surface area contributed by atoms with Crippen LogP contribution in [0.2, 0.25) is 0 Å². The van der Waals surface area contributed by atoms with E-state index in [0.29, 0.717) is 9.75 Å². The molecule has 3 aliphatic heterocycles. The Hall–Kier alpha value is -1.99. The van der Waals surface area contributed by atoms with Crippen molar-refractivity contribution in [3.05, 3.63) is 80.7 Å². The number of hydrogen-bond acceptors (Lipinski definition) is 5. The summed E-state index contributed by atoms with van der Waals surface area (Å²) in [6, 6.07) is 17.9. The smallest absolute Gasteiger partial charge is 0.349 e. The molecule has 2 aromatic heterocycles. The summed E-state index contributed by atoms with van der Waals surface area (Å²) in [4.78, 5) is 14.6. The first-order valence-corrected chi connectivity index (χ1v) is 12.8. The van der Waals surface area contributed by atoms with Gasteiger partial charge in [0.25, 0.3) is 0 Å². The Morgan fingerprint density at radius 3 is 2.06 bits per heavy atom. The van der Waals surface area contributed by atoms with Gasteiger partial charge in [-0.1, -0.05) is 42.5 Å². The van der Waals surface area contributed by atoms with Crippen molar-refractivity contribution in [3.8, 4) is 0 Å². The summed E-state index contributed by atoms with van der Waals surface area (Å²) in [5.74, 6) is 0.283. The number of aliphatic hydroxyl groups is 1. The number of carbonyl (C=O) groups excluding carboxylic acids is 1. The summed E-state index contributed by atoms with van der Waals surface area (Å²) in [6.45, 7) is 3.71. The molecule has 31 heavy (non-hydrogen) atoms. The van der Waals surface area contributed by atoms with Crippen molar-refractivity contribution < 1.29 is 19.1 Å². The first-order valence-electron chi connectivity index (χ1n) is 11.0. The van der Waals surface area contributed by atoms with Gasteiger partial charge in [-0.3, -0.25) is 0 Å². The molecule has 0 radical (unpaired) electrons. The molecule has 0 saturated carbocycles. The van der Waals surface area contributed by atoms with E-state index in [4.69, 9.17) is 4.74 Å². The lowest BCUT2D eigenvalue weighted by molar-refractivity contribution is -0.971. The molecule has 6 rings (SSSR count). The highest BCUT2D eigenvalue weighted by molar-refractivity contribution is 7.12. The molecule has 3 aromatic rings. The van der Waals surface area contributed by atoms with Gasteiger partial charge in [0.05, 0.1) is 29.4 Å². The molecule has 3 saturated heterocycles. The highest BCUT2D eigenvalue weighted by Gasteiger charge is 2.48. The van der Waals surface area contributed by atoms with Crippen molar-refractivity contribution >= 4 is 28.6 Å². The van der Waals surface area contributed by atoms with E-state index in [2.05, 4.69) is 24.3 Å². The van der Waals surface area contributed by atoms with E-state index in [0.717, 1.165) is 30.0 Å². The molecule has 3 aliphatic rings. The standard InChI is InChI=1S/C25H28NO3S2/c27-24(25(28,22-8-4-16-30-22)23-9-5-17-31-23)29-18-21(20-6-2-1-3-7-20)26-13-10-19(11-14-26)12-15-26/h1-9,16-17,19,21,28H,10-15,18H2/q+1. The number of esters is 1. The Labute approximate surface area is 191 Å². The predicted octanol–water partition coefficient (Wildman–Crippen LogP) is 4.96. The van der Waals surface area contributed by atoms with E-state index in [1.807, 2.05) is 29.0 Å². The second-order valence-corrected chi connectivity index (χ2v) is 10.7. The zero-order valence-corrected chi connectivity index (χ0v) is 19.1. The van der Waals surface area contributed by atoms with E-state index in [1.54, 1.807) is 12.1 Å². The minimum absolute atomic E-state index is 0.0994. The first kappa shape index (κ1) is 20.9. The van der Waals surface area contributed by atoms with Crippen molar-refractivity contribution in [2.24, 2.45) is 5.92 Å². The van der Waals surface area contributed by atoms with Crippen LogP contribution < -0.4 is 0 Å². The lowest BCUT2D eigenvalue weighted by Crippen LogP contribution is -2.60. The van der Waals surface area contributed by atoms with Crippen LogP contribution in [-0.4, -0.2) is 41.8 Å². The van der Waals surface area contributed by atoms with Gasteiger partial charge in [-0.25, -0.2) is 4.79 Å². The monoisotopic (exact) mass is 454 g/mol. The van der Waals surface area contributed by atoms with Gasteiger partial charge < -0.3 is 14.3 Å². The SMILES string of the molecule is O=C(OCC(c1ccccc1)[N+]12CCC(CC1)CC2)C(O)(c1cccs1)c1cccs1. The van der Waals surface area contributed by atoms with Gasteiger partial charge in [0.1, 0.15) is 12.6 Å². The van der Waals surface area contributed by atoms with Crippen LogP contribution in [0.5, 0.6) is 0 Å². The van der Waals surface area contributed by atoms with Crippen LogP contribution in [0.25, 0.3) is 0 Å². The number of fused-ring (bicyclic) bond motifs is 3. The molecule has 1 aromatic carbocycles. The Kier molecular flexibility index (Phi) is 5.73. The number of hydrogen-bond donors (Lipinski definition) is 1. The maximum absolute atomic E-state index is 13.4. The van der Waals surface area contributed by atoms with Crippen LogP contribution in [0.1, 0.15) is 40.6 Å². The highest BCUT2D eigenvalue weighted by atomic mass is 32.1. The van der Waals surface area contributed by atoms with Gasteiger partial charge in [0, 0.05) is 5.56 Å². The summed E-state index contributed by atoms with van der Waals surface area (Å²) in [5.41, 5.74) is -0.537. The topological polar surface area (TPSA) is 46.5 Å². The molecule has 5 heterocycles. The van der Waals surface area contributed by atoms with Crippen LogP contribution in [0.3, 0.4) is 0 Å². The molecule has 162 valence electrons. The molecule has 3 fully saturated rings. The lowest BCUT2D eigenvalue weighted by atomic mass is 9.83. The van der Waals surface area contributed by atoms with Crippen LogP contribution in [0.4, 0.5) is 0 Å². The van der Waals surface area contributed by atoms with Crippen LogP contribution in [0.15, 0.2) is 65.4 Å². The van der Waals surface area contributed by atoms with Gasteiger partial charge in [-0.05, 0) is 48.1 Å². The molecule has 1 unspecified atom stereocenters. The van der Waals surface area contributed by atoms with E-state index < -0.39 is 11.6 Å². The van der Waals surface area contributed by atoms with Crippen LogP contribution >= 0.6 is 22.7 Å². The van der Waals surface area contributed by atoms with E-state index in [9.17, 15) is 9.90 Å². The Bertz CT molecular complexity index is 945. The average Bonchev–Trinajstić information content (AvgIpc) is 3.55. The molecule has 0 aliphatic carbocycles. The zero-order chi connectivity index (χ0) is 21.3. The van der Waals surface area contributed by atoms with Crippen molar-refractivity contribution in [2.45, 2.75) is 30.9 Å². The van der Waals surface area contributed by atoms with Crippen molar-refractivity contribution in [3.63, 3.8) is 0 Å². The van der Waals surface area contributed by atoms with Crippen molar-refractivity contribution in [2.75, 3.05) is 26.2 Å². The first-order chi connectivity index (χ1) is 15.1. The van der Waals surface area contributed by atoms with E-state index in [1.165, 1.54) is 47.5 Å². The number of ether oxygens (including phenoxy) is 1. The largest absolute Gasteiger partial charge is 0.456 e. The van der Waals surface area contributed by atoms with Crippen LogP contribution in [-0.2, 0) is 15.1 Å². The third-order valence-corrected chi connectivity index (χ3v) is 9.17. The van der Waals surface area contributed by atoms with E-state index in [-0.39, 0.29) is 12.6 Å². The normalized spacial score (nSPS) is 24.1. The number of thiophene rings is 2. The third-order valence-electron chi connectivity index (χ3n) is 7.22. The molecule has 0 amide bonds. The molecular weight excluding hydrogens is 426 g/mol. The summed E-state index contributed by atoms with van der Waals surface area (Å²) in [6.07, 6.45) is 3.77. The predicted molar refractivity (Wildman–Crippen MR) is 124 cm³/mol. The third kappa shape index (κ3) is 3.76. The summed E-state index contributed by atoms with van der Waals surface area (Å²) in [5, 5.41) is 15.3. The minimum atomic E-state index is -1.75. The molecular formula is C25H28NO3S2+. The van der Waals surface area contributed by atoms with Crippen molar-refractivity contribution in [1.29, 1.82) is 0 Å². The average molecular weight is 455 g/mol. The van der Waals surface area contributed by atoms with Gasteiger partial charge >= 0.3 is 5.97 Å². The fraction of sp³-hybridized carbons (Fsp3) is 0.400. The fourth-order valence-corrected chi connectivity index (χ4v) is 7.07. The molecule has 1 atom stereocenters. The lowest BCUT2D eigenvalue weighted by Gasteiger charge is -2.53. The number of quaternary nitrogens is 1. The molecule has 0 spiro atoms. The van der Waals surface area contributed by atoms with Gasteiger partial charge in [-0.15, -0.1) is 22.7 Å². The summed E-state index contributed by atoms with van der Waals surface area (Å²) < 4.78 is 6.97. The highest BCUT2D eigenvalue weighted by Crippen LogP contribution is 2.42. The minimum Gasteiger partial charge on any atom is -0.456 e. The van der Waals surface area contributed by atoms with Crippen LogP contribution in [0, 0.1) is 5.92 Å². The number of nitrogens with zero attached hydrogens (tertiary/aromatic N) is 1. The number of carbonyl (C=O) groups is 1. The quantitative estimate of drug-likeness (QED) is 0.405. The molecule has 2 bridgehead atoms. The second-order valence-electron chi connectivity index (χ2n) is 8.81. The molecule has 6 heteroatoms. The summed E-state index contributed by atoms with van der Waals surface area (Å²) in [7, 11) is 0. The van der Waals surface area contributed by atoms with E-state index >= 15 is 0 Å². The van der Waals surface area contributed by atoms with Gasteiger partial charge in [-0.2, -0.15) is 0 Å². The summed E-state index contributed by atoms with van der Waals surface area (Å²) >= 11 is 2.75. The maximum Gasteiger partial charge on any atom is 0.349 e. The van der Waals surface area contributed by atoms with Gasteiger partial charge in [0.15, 0.2) is 0 Å². The zero-order valence-electron chi connectivity index (χ0n) is 17.5. The maximum atomic E-state index is 13.4. The molecule has 4 nitrogen and oxygen atoms in total. The Balaban J connectivity index is 1.43.